The van der Waals surface area contributed by atoms with Crippen LogP contribution in [-0.4, -0.2) is 73.6 Å². The van der Waals surface area contributed by atoms with E-state index in [0.717, 1.165) is 6.54 Å². The Morgan fingerprint density at radius 3 is 2.35 bits per heavy atom. The molecule has 0 spiro atoms. The van der Waals surface area contributed by atoms with E-state index in [1.165, 1.54) is 18.3 Å². The number of ether oxygens (including phenoxy) is 3. The summed E-state index contributed by atoms with van der Waals surface area (Å²) in [5.74, 6) is -1.17. The van der Waals surface area contributed by atoms with Crippen molar-refractivity contribution >= 4 is 35.8 Å². The maximum atomic E-state index is 13.0. The number of amides is 1. The summed E-state index contributed by atoms with van der Waals surface area (Å²) in [6.07, 6.45) is 1.42. The number of carbonyl (C=O) groups excluding carboxylic acids is 1. The molecule has 1 amide bonds. The monoisotopic (exact) mass is 531 g/mol. The maximum absolute atomic E-state index is 13.0. The van der Waals surface area contributed by atoms with Crippen LogP contribution in [0.4, 0.5) is 11.5 Å². The standard InChI is InChI=1S/C25H29N5O6.ClH/c1-27-10-11-34-12-13-35-14-15-36-21-5-3-2-4-19(21)30-24(31)22-23(26)28-16-20(29-22)17-6-8-18(9-7-17)25(32)33;/h2-9,16,27H,10-15H2,1H3,(H2,26,28)(H,30,31)(H,32,33);1H. The van der Waals surface area contributed by atoms with Crippen molar-refractivity contribution in [2.24, 2.45) is 0 Å². The number of carboxylic acid groups (broad SMARTS) is 1. The number of likely N-dealkylation sites (N-methyl/N-ethyl adjacent to an activating group) is 1. The first kappa shape index (κ1) is 29.5. The highest BCUT2D eigenvalue weighted by Gasteiger charge is 2.17. The molecule has 0 aliphatic rings. The number of nitrogens with zero attached hydrogens (tertiary/aromatic N) is 2. The zero-order valence-electron chi connectivity index (χ0n) is 20.3. The van der Waals surface area contributed by atoms with Gasteiger partial charge in [-0.1, -0.05) is 24.3 Å². The fourth-order valence-electron chi connectivity index (χ4n) is 3.07. The van der Waals surface area contributed by atoms with E-state index in [2.05, 4.69) is 20.6 Å². The summed E-state index contributed by atoms with van der Waals surface area (Å²) in [4.78, 5) is 32.5. The average Bonchev–Trinajstić information content (AvgIpc) is 2.89. The first-order valence-corrected chi connectivity index (χ1v) is 11.3. The van der Waals surface area contributed by atoms with Crippen LogP contribution in [-0.2, 0) is 9.47 Å². The predicted molar refractivity (Wildman–Crippen MR) is 142 cm³/mol. The lowest BCUT2D eigenvalue weighted by Crippen LogP contribution is -2.18. The molecule has 0 atom stereocenters. The van der Waals surface area contributed by atoms with Gasteiger partial charge in [-0.2, -0.15) is 0 Å². The molecule has 0 saturated heterocycles. The maximum Gasteiger partial charge on any atom is 0.335 e. The van der Waals surface area contributed by atoms with Gasteiger partial charge in [0.1, 0.15) is 12.4 Å². The Hall–Kier alpha value is -3.77. The molecule has 5 N–H and O–H groups in total. The number of nitrogen functional groups attached to an aromatic ring is 1. The van der Waals surface area contributed by atoms with Crippen LogP contribution >= 0.6 is 12.4 Å². The predicted octanol–water partition coefficient (Wildman–Crippen LogP) is 2.73. The van der Waals surface area contributed by atoms with Crippen LogP contribution in [0.2, 0.25) is 0 Å². The third-order valence-corrected chi connectivity index (χ3v) is 4.93. The normalized spacial score (nSPS) is 10.4. The van der Waals surface area contributed by atoms with Crippen molar-refractivity contribution in [2.45, 2.75) is 0 Å². The lowest BCUT2D eigenvalue weighted by molar-refractivity contribution is 0.0377. The molecule has 3 aromatic rings. The van der Waals surface area contributed by atoms with E-state index in [9.17, 15) is 9.59 Å². The summed E-state index contributed by atoms with van der Waals surface area (Å²) in [5.41, 5.74) is 7.40. The van der Waals surface area contributed by atoms with Crippen LogP contribution < -0.4 is 21.1 Å². The second-order valence-electron chi connectivity index (χ2n) is 7.50. The zero-order valence-corrected chi connectivity index (χ0v) is 21.1. The van der Waals surface area contributed by atoms with E-state index in [1.54, 1.807) is 36.4 Å². The molecule has 0 aliphatic carbocycles. The van der Waals surface area contributed by atoms with Crippen molar-refractivity contribution in [3.8, 4) is 17.0 Å². The van der Waals surface area contributed by atoms with Crippen LogP contribution in [0, 0.1) is 0 Å². The van der Waals surface area contributed by atoms with E-state index in [1.807, 2.05) is 7.05 Å². The third kappa shape index (κ3) is 8.99. The average molecular weight is 532 g/mol. The summed E-state index contributed by atoms with van der Waals surface area (Å²) in [6.45, 7) is 3.01. The van der Waals surface area contributed by atoms with Gasteiger partial charge in [-0.3, -0.25) is 4.79 Å². The molecular weight excluding hydrogens is 502 g/mol. The first-order valence-electron chi connectivity index (χ1n) is 11.3. The highest BCUT2D eigenvalue weighted by molar-refractivity contribution is 6.06. The summed E-state index contributed by atoms with van der Waals surface area (Å²) >= 11 is 0. The number of aromatic carboxylic acids is 1. The van der Waals surface area contributed by atoms with Gasteiger partial charge >= 0.3 is 5.97 Å². The number of nitrogens with two attached hydrogens (primary N) is 1. The molecule has 0 saturated carbocycles. The lowest BCUT2D eigenvalue weighted by Gasteiger charge is -2.13. The van der Waals surface area contributed by atoms with Crippen molar-refractivity contribution < 1.29 is 28.9 Å². The number of rotatable bonds is 14. The summed E-state index contributed by atoms with van der Waals surface area (Å²) < 4.78 is 16.6. The van der Waals surface area contributed by atoms with Gasteiger partial charge in [0.05, 0.1) is 49.6 Å². The SMILES string of the molecule is CNCCOCCOCCOc1ccccc1NC(=O)c1nc(-c2ccc(C(=O)O)cc2)cnc1N.Cl. The van der Waals surface area contributed by atoms with Crippen LogP contribution in [0.15, 0.2) is 54.7 Å². The van der Waals surface area contributed by atoms with Crippen molar-refractivity contribution in [1.82, 2.24) is 15.3 Å². The minimum absolute atomic E-state index is 0. The van der Waals surface area contributed by atoms with Gasteiger partial charge in [0.25, 0.3) is 5.91 Å². The smallest absolute Gasteiger partial charge is 0.335 e. The van der Waals surface area contributed by atoms with Crippen molar-refractivity contribution in [3.05, 3.63) is 66.0 Å². The Morgan fingerprint density at radius 1 is 0.973 bits per heavy atom. The molecule has 0 bridgehead atoms. The molecular formula is C25H30ClN5O6. The number of anilines is 2. The van der Waals surface area contributed by atoms with Crippen molar-refractivity contribution in [2.75, 3.05) is 57.7 Å². The van der Waals surface area contributed by atoms with E-state index >= 15 is 0 Å². The number of carbonyl (C=O) groups is 2. The molecule has 198 valence electrons. The number of carboxylic acids is 1. The van der Waals surface area contributed by atoms with Crippen LogP contribution in [0.5, 0.6) is 5.75 Å². The van der Waals surface area contributed by atoms with Gasteiger partial charge in [0.2, 0.25) is 0 Å². The summed E-state index contributed by atoms with van der Waals surface area (Å²) in [7, 11) is 1.86. The van der Waals surface area contributed by atoms with Crippen LogP contribution in [0.3, 0.4) is 0 Å². The molecule has 0 fully saturated rings. The number of aromatic nitrogens is 2. The Kier molecular flexibility index (Phi) is 12.2. The highest BCUT2D eigenvalue weighted by Crippen LogP contribution is 2.25. The number of hydrogen-bond acceptors (Lipinski definition) is 9. The number of para-hydroxylation sites is 2. The molecule has 37 heavy (non-hydrogen) atoms. The zero-order chi connectivity index (χ0) is 25.8. The number of halogens is 1. The lowest BCUT2D eigenvalue weighted by atomic mass is 10.1. The third-order valence-electron chi connectivity index (χ3n) is 4.93. The second kappa shape index (κ2) is 15.4. The van der Waals surface area contributed by atoms with Crippen LogP contribution in [0.1, 0.15) is 20.8 Å². The Bertz CT molecular complexity index is 1160. The molecule has 11 nitrogen and oxygen atoms in total. The van der Waals surface area contributed by atoms with Crippen molar-refractivity contribution in [3.63, 3.8) is 0 Å². The second-order valence-corrected chi connectivity index (χ2v) is 7.50. The highest BCUT2D eigenvalue weighted by atomic mass is 35.5. The van der Waals surface area contributed by atoms with Gasteiger partial charge in [-0.25, -0.2) is 14.8 Å². The largest absolute Gasteiger partial charge is 0.489 e. The van der Waals surface area contributed by atoms with Crippen molar-refractivity contribution in [1.29, 1.82) is 0 Å². The van der Waals surface area contributed by atoms with Gasteiger partial charge in [-0.15, -0.1) is 12.4 Å². The Morgan fingerprint density at radius 2 is 1.65 bits per heavy atom. The molecule has 2 aromatic carbocycles. The molecule has 0 radical (unpaired) electrons. The summed E-state index contributed by atoms with van der Waals surface area (Å²) in [5, 5.41) is 14.8. The molecule has 0 aliphatic heterocycles. The first-order chi connectivity index (χ1) is 17.5. The van der Waals surface area contributed by atoms with Gasteiger partial charge in [-0.05, 0) is 31.3 Å². The number of nitrogens with one attached hydrogen (secondary N) is 2. The molecule has 0 unspecified atom stereocenters. The molecule has 1 aromatic heterocycles. The van der Waals surface area contributed by atoms with Gasteiger partial charge in [0, 0.05) is 12.1 Å². The Labute approximate surface area is 220 Å². The van der Waals surface area contributed by atoms with E-state index in [0.29, 0.717) is 49.1 Å². The molecule has 1 heterocycles. The van der Waals surface area contributed by atoms with Gasteiger partial charge < -0.3 is 35.7 Å². The number of benzene rings is 2. The topological polar surface area (TPSA) is 158 Å². The van der Waals surface area contributed by atoms with E-state index < -0.39 is 11.9 Å². The van der Waals surface area contributed by atoms with Crippen LogP contribution in [0.25, 0.3) is 11.3 Å². The summed E-state index contributed by atoms with van der Waals surface area (Å²) in [6, 6.07) is 13.0. The fraction of sp³-hybridized carbons (Fsp3) is 0.280. The van der Waals surface area contributed by atoms with E-state index in [4.69, 9.17) is 25.1 Å². The fourth-order valence-corrected chi connectivity index (χ4v) is 3.07. The minimum atomic E-state index is -1.04. The van der Waals surface area contributed by atoms with Gasteiger partial charge in [0.15, 0.2) is 11.5 Å². The minimum Gasteiger partial charge on any atom is -0.489 e. The van der Waals surface area contributed by atoms with E-state index in [-0.39, 0.29) is 36.1 Å². The molecule has 3 rings (SSSR count). The quantitative estimate of drug-likeness (QED) is 0.228. The molecule has 12 heteroatoms. The number of hydrogen-bond donors (Lipinski definition) is 4. The Balaban J connectivity index is 0.00000481.